The molecule has 8 nitrogen and oxygen atoms in total. The molecule has 0 bridgehead atoms. The van der Waals surface area contributed by atoms with Gasteiger partial charge in [0.2, 0.25) is 11.7 Å². The molecule has 8 heteroatoms. The monoisotopic (exact) mass is 386 g/mol. The van der Waals surface area contributed by atoms with Crippen molar-refractivity contribution in [1.82, 2.24) is 15.3 Å². The number of carbonyl (C=O) groups is 1. The van der Waals surface area contributed by atoms with Crippen molar-refractivity contribution in [3.8, 4) is 17.2 Å². The van der Waals surface area contributed by atoms with E-state index < -0.39 is 0 Å². The highest BCUT2D eigenvalue weighted by Crippen LogP contribution is 2.38. The lowest BCUT2D eigenvalue weighted by Gasteiger charge is -2.17. The molecule has 1 aliphatic heterocycles. The van der Waals surface area contributed by atoms with Crippen LogP contribution in [-0.2, 0) is 6.54 Å². The van der Waals surface area contributed by atoms with E-state index in [0.717, 1.165) is 43.3 Å². The number of aromatic nitrogens is 2. The first-order chi connectivity index (χ1) is 13.5. The van der Waals surface area contributed by atoms with Gasteiger partial charge in [-0.2, -0.15) is 0 Å². The number of carbonyl (C=O) groups excluding carboxylic acids is 1. The van der Waals surface area contributed by atoms with E-state index in [1.165, 1.54) is 21.3 Å². The highest BCUT2D eigenvalue weighted by atomic mass is 16.5. The number of nitrogens with zero attached hydrogens (tertiary/aromatic N) is 3. The van der Waals surface area contributed by atoms with E-state index in [0.29, 0.717) is 29.4 Å². The molecular weight excluding hydrogens is 360 g/mol. The van der Waals surface area contributed by atoms with Gasteiger partial charge in [-0.05, 0) is 38.0 Å². The number of aryl methyl sites for hydroxylation is 1. The number of methoxy groups -OCH3 is 3. The fourth-order valence-corrected chi connectivity index (χ4v) is 3.25. The molecule has 1 N–H and O–H groups in total. The van der Waals surface area contributed by atoms with Gasteiger partial charge in [0.25, 0.3) is 5.91 Å². The standard InChI is InChI=1S/C20H26N4O4/c1-13-9-15(23-20(22-13)24-7-5-6-8-24)12-21-19(25)14-10-16(26-2)18(28-4)17(11-14)27-3/h9-11H,5-8,12H2,1-4H3,(H,21,25). The van der Waals surface area contributed by atoms with Crippen LogP contribution in [0.1, 0.15) is 34.6 Å². The highest BCUT2D eigenvalue weighted by Gasteiger charge is 2.18. The van der Waals surface area contributed by atoms with E-state index in [-0.39, 0.29) is 5.91 Å². The zero-order valence-corrected chi connectivity index (χ0v) is 16.7. The highest BCUT2D eigenvalue weighted by molar-refractivity contribution is 5.95. The quantitative estimate of drug-likeness (QED) is 0.782. The summed E-state index contributed by atoms with van der Waals surface area (Å²) in [6.07, 6.45) is 2.31. The number of ether oxygens (including phenoxy) is 3. The average Bonchev–Trinajstić information content (AvgIpc) is 3.25. The van der Waals surface area contributed by atoms with Crippen LogP contribution in [0, 0.1) is 6.92 Å². The molecule has 150 valence electrons. The molecule has 0 spiro atoms. The molecule has 0 aliphatic carbocycles. The maximum atomic E-state index is 12.7. The van der Waals surface area contributed by atoms with Crippen LogP contribution in [0.2, 0.25) is 0 Å². The van der Waals surface area contributed by atoms with Gasteiger partial charge in [0.1, 0.15) is 0 Å². The van der Waals surface area contributed by atoms with Crippen LogP contribution in [0.3, 0.4) is 0 Å². The zero-order chi connectivity index (χ0) is 20.1. The molecule has 1 aromatic heterocycles. The van der Waals surface area contributed by atoms with Crippen molar-refractivity contribution in [3.05, 3.63) is 35.2 Å². The van der Waals surface area contributed by atoms with Gasteiger partial charge in [-0.1, -0.05) is 0 Å². The Morgan fingerprint density at radius 1 is 1.04 bits per heavy atom. The third kappa shape index (κ3) is 4.27. The van der Waals surface area contributed by atoms with Crippen molar-refractivity contribution in [2.24, 2.45) is 0 Å². The third-order valence-corrected chi connectivity index (χ3v) is 4.64. The van der Waals surface area contributed by atoms with Gasteiger partial charge in [0.15, 0.2) is 11.5 Å². The van der Waals surface area contributed by atoms with E-state index in [9.17, 15) is 4.79 Å². The molecule has 1 aliphatic rings. The molecule has 1 saturated heterocycles. The smallest absolute Gasteiger partial charge is 0.251 e. The molecule has 1 amide bonds. The minimum absolute atomic E-state index is 0.252. The predicted molar refractivity (Wildman–Crippen MR) is 105 cm³/mol. The van der Waals surface area contributed by atoms with Crippen molar-refractivity contribution in [2.75, 3.05) is 39.3 Å². The summed E-state index contributed by atoms with van der Waals surface area (Å²) in [5.41, 5.74) is 2.07. The minimum atomic E-state index is -0.252. The van der Waals surface area contributed by atoms with E-state index in [2.05, 4.69) is 20.2 Å². The summed E-state index contributed by atoms with van der Waals surface area (Å²) in [6.45, 7) is 4.19. The minimum Gasteiger partial charge on any atom is -0.493 e. The molecule has 3 rings (SSSR count). The molecular formula is C20H26N4O4. The lowest BCUT2D eigenvalue weighted by Crippen LogP contribution is -2.25. The van der Waals surface area contributed by atoms with Crippen LogP contribution in [0.25, 0.3) is 0 Å². The lowest BCUT2D eigenvalue weighted by atomic mass is 10.1. The van der Waals surface area contributed by atoms with Crippen LogP contribution in [-0.4, -0.2) is 50.3 Å². The van der Waals surface area contributed by atoms with Crippen LogP contribution in [0.5, 0.6) is 17.2 Å². The summed E-state index contributed by atoms with van der Waals surface area (Å²) >= 11 is 0. The van der Waals surface area contributed by atoms with E-state index in [4.69, 9.17) is 14.2 Å². The van der Waals surface area contributed by atoms with E-state index in [1.54, 1.807) is 12.1 Å². The van der Waals surface area contributed by atoms with Crippen LogP contribution < -0.4 is 24.4 Å². The molecule has 0 unspecified atom stereocenters. The fourth-order valence-electron chi connectivity index (χ4n) is 3.25. The maximum Gasteiger partial charge on any atom is 0.251 e. The number of nitrogens with one attached hydrogen (secondary N) is 1. The molecule has 1 aromatic carbocycles. The first-order valence-corrected chi connectivity index (χ1v) is 9.23. The van der Waals surface area contributed by atoms with Crippen molar-refractivity contribution >= 4 is 11.9 Å². The number of benzene rings is 1. The first-order valence-electron chi connectivity index (χ1n) is 9.23. The Bertz CT molecular complexity index is 825. The third-order valence-electron chi connectivity index (χ3n) is 4.64. The molecule has 0 radical (unpaired) electrons. The Morgan fingerprint density at radius 2 is 1.68 bits per heavy atom. The molecule has 1 fully saturated rings. The van der Waals surface area contributed by atoms with Crippen molar-refractivity contribution in [3.63, 3.8) is 0 Å². The molecule has 28 heavy (non-hydrogen) atoms. The van der Waals surface area contributed by atoms with Gasteiger partial charge >= 0.3 is 0 Å². The van der Waals surface area contributed by atoms with Gasteiger partial charge in [0.05, 0.1) is 33.6 Å². The second-order valence-corrected chi connectivity index (χ2v) is 6.59. The molecule has 2 heterocycles. The van der Waals surface area contributed by atoms with Crippen molar-refractivity contribution < 1.29 is 19.0 Å². The number of amides is 1. The predicted octanol–water partition coefficient (Wildman–Crippen LogP) is 2.34. The number of hydrogen-bond acceptors (Lipinski definition) is 7. The van der Waals surface area contributed by atoms with Gasteiger partial charge in [0, 0.05) is 24.3 Å². The Kier molecular flexibility index (Phi) is 6.18. The Morgan fingerprint density at radius 3 is 2.25 bits per heavy atom. The first kappa shape index (κ1) is 19.7. The fraction of sp³-hybridized carbons (Fsp3) is 0.450. The lowest BCUT2D eigenvalue weighted by molar-refractivity contribution is 0.0949. The topological polar surface area (TPSA) is 85.8 Å². The second-order valence-electron chi connectivity index (χ2n) is 6.59. The van der Waals surface area contributed by atoms with Gasteiger partial charge < -0.3 is 24.4 Å². The normalized spacial score (nSPS) is 13.4. The van der Waals surface area contributed by atoms with Crippen molar-refractivity contribution in [2.45, 2.75) is 26.3 Å². The van der Waals surface area contributed by atoms with Crippen LogP contribution in [0.4, 0.5) is 5.95 Å². The SMILES string of the molecule is COc1cc(C(=O)NCc2cc(C)nc(N3CCCC3)n2)cc(OC)c1OC. The molecule has 0 atom stereocenters. The number of rotatable bonds is 7. The maximum absolute atomic E-state index is 12.7. The summed E-state index contributed by atoms with van der Waals surface area (Å²) < 4.78 is 15.9. The summed E-state index contributed by atoms with van der Waals surface area (Å²) in [4.78, 5) is 24.0. The Labute approximate surface area is 164 Å². The number of hydrogen-bond donors (Lipinski definition) is 1. The van der Waals surface area contributed by atoms with Crippen LogP contribution >= 0.6 is 0 Å². The zero-order valence-electron chi connectivity index (χ0n) is 16.7. The number of anilines is 1. The van der Waals surface area contributed by atoms with E-state index >= 15 is 0 Å². The largest absolute Gasteiger partial charge is 0.493 e. The Balaban J connectivity index is 1.75. The van der Waals surface area contributed by atoms with Gasteiger partial charge in [-0.25, -0.2) is 9.97 Å². The van der Waals surface area contributed by atoms with Gasteiger partial charge in [-0.3, -0.25) is 4.79 Å². The molecule has 2 aromatic rings. The Hall–Kier alpha value is -3.03. The summed E-state index contributed by atoms with van der Waals surface area (Å²) in [5, 5.41) is 2.90. The van der Waals surface area contributed by atoms with Gasteiger partial charge in [-0.15, -0.1) is 0 Å². The summed E-state index contributed by atoms with van der Waals surface area (Å²) in [5.74, 6) is 1.79. The summed E-state index contributed by atoms with van der Waals surface area (Å²) in [6, 6.07) is 5.13. The van der Waals surface area contributed by atoms with Crippen molar-refractivity contribution in [1.29, 1.82) is 0 Å². The molecule has 0 saturated carbocycles. The van der Waals surface area contributed by atoms with Crippen LogP contribution in [0.15, 0.2) is 18.2 Å². The van der Waals surface area contributed by atoms with E-state index in [1.807, 2.05) is 13.0 Å². The summed E-state index contributed by atoms with van der Waals surface area (Å²) in [7, 11) is 4.56. The second kappa shape index (κ2) is 8.77. The average molecular weight is 386 g/mol.